The SMILES string of the molecule is O=S(=O)([O-])c1ccc(N=Cc2ccccc2O)cc1.O=S(=O)([O-])c1ccc(N=Cc2ccccc2O)cc1.[Co]. The zero-order chi connectivity index (χ0) is 27.8. The van der Waals surface area contributed by atoms with Crippen LogP contribution < -0.4 is 0 Å². The van der Waals surface area contributed by atoms with Crippen LogP contribution in [-0.4, -0.2) is 48.6 Å². The van der Waals surface area contributed by atoms with Crippen molar-refractivity contribution in [1.29, 1.82) is 0 Å². The summed E-state index contributed by atoms with van der Waals surface area (Å²) in [6, 6.07) is 23.8. The van der Waals surface area contributed by atoms with Crippen LogP contribution in [-0.2, 0) is 37.0 Å². The molecule has 0 aliphatic heterocycles. The summed E-state index contributed by atoms with van der Waals surface area (Å²) in [5, 5.41) is 19.1. The number of hydrogen-bond acceptors (Lipinski definition) is 10. The van der Waals surface area contributed by atoms with E-state index in [1.807, 2.05) is 0 Å². The molecular formula is C26H20CoN2O8S2-2. The quantitative estimate of drug-likeness (QED) is 0.242. The zero-order valence-electron chi connectivity index (χ0n) is 19.8. The number of rotatable bonds is 6. The van der Waals surface area contributed by atoms with E-state index in [9.17, 15) is 36.2 Å². The van der Waals surface area contributed by atoms with Gasteiger partial charge in [-0.2, -0.15) is 0 Å². The fourth-order valence-corrected chi connectivity index (χ4v) is 3.82. The van der Waals surface area contributed by atoms with Gasteiger partial charge in [-0.05, 0) is 72.8 Å². The number of aromatic hydroxyl groups is 2. The van der Waals surface area contributed by atoms with E-state index in [-0.39, 0.29) is 38.1 Å². The standard InChI is InChI=1S/2C13H11NO4S.Co/c2*15-13-4-2-1-3-10(13)9-14-11-5-7-12(8-6-11)19(16,17)18;/h2*1-9,15H,(H,16,17,18);/p-2. The summed E-state index contributed by atoms with van der Waals surface area (Å²) in [6.45, 7) is 0. The molecule has 0 aliphatic carbocycles. The van der Waals surface area contributed by atoms with Crippen LogP contribution in [0, 0.1) is 0 Å². The Hall–Kier alpha value is -3.85. The molecule has 4 aromatic carbocycles. The molecule has 2 N–H and O–H groups in total. The third kappa shape index (κ3) is 9.75. The Labute approximate surface area is 235 Å². The average molecular weight is 612 g/mol. The van der Waals surface area contributed by atoms with Gasteiger partial charge >= 0.3 is 0 Å². The molecule has 0 aliphatic rings. The summed E-state index contributed by atoms with van der Waals surface area (Å²) in [4.78, 5) is 7.56. The van der Waals surface area contributed by atoms with Crippen LogP contribution in [0.15, 0.2) is 117 Å². The fourth-order valence-electron chi connectivity index (χ4n) is 2.88. The maximum absolute atomic E-state index is 10.7. The Balaban J connectivity index is 0.000000267. The van der Waals surface area contributed by atoms with Crippen molar-refractivity contribution in [2.75, 3.05) is 0 Å². The van der Waals surface area contributed by atoms with Crippen LogP contribution in [0.4, 0.5) is 11.4 Å². The number of phenols is 2. The van der Waals surface area contributed by atoms with Gasteiger partial charge in [0.15, 0.2) is 0 Å². The van der Waals surface area contributed by atoms with Crippen LogP contribution in [0.1, 0.15) is 11.1 Å². The van der Waals surface area contributed by atoms with Crippen molar-refractivity contribution >= 4 is 44.0 Å². The molecule has 0 saturated heterocycles. The number of para-hydroxylation sites is 2. The first-order chi connectivity index (χ1) is 17.9. The van der Waals surface area contributed by atoms with E-state index < -0.39 is 20.2 Å². The molecule has 205 valence electrons. The second-order valence-corrected chi connectivity index (χ2v) is 10.3. The summed E-state index contributed by atoms with van der Waals surface area (Å²) in [7, 11) is -8.87. The van der Waals surface area contributed by atoms with Crippen LogP contribution in [0.3, 0.4) is 0 Å². The van der Waals surface area contributed by atoms with Gasteiger partial charge in [-0.15, -0.1) is 0 Å². The van der Waals surface area contributed by atoms with Crippen molar-refractivity contribution in [3.8, 4) is 11.5 Å². The first kappa shape index (κ1) is 31.4. The molecule has 0 unspecified atom stereocenters. The summed E-state index contributed by atoms with van der Waals surface area (Å²) in [5.74, 6) is 0.204. The van der Waals surface area contributed by atoms with Gasteiger partial charge in [-0.3, -0.25) is 9.98 Å². The molecule has 0 aromatic heterocycles. The predicted octanol–water partition coefficient (Wildman–Crippen LogP) is 4.09. The van der Waals surface area contributed by atoms with Crippen LogP contribution in [0.2, 0.25) is 0 Å². The predicted molar refractivity (Wildman–Crippen MR) is 140 cm³/mol. The molecule has 0 bridgehead atoms. The van der Waals surface area contributed by atoms with E-state index >= 15 is 0 Å². The Morgan fingerprint density at radius 1 is 0.538 bits per heavy atom. The molecule has 0 atom stereocenters. The molecule has 0 spiro atoms. The number of aliphatic imine (C=N–C) groups is 2. The molecule has 0 fully saturated rings. The minimum Gasteiger partial charge on any atom is -0.744 e. The number of hydrogen-bond donors (Lipinski definition) is 2. The summed E-state index contributed by atoms with van der Waals surface area (Å²) in [6.07, 6.45) is 2.91. The average Bonchev–Trinajstić information content (AvgIpc) is 2.88. The first-order valence-corrected chi connectivity index (χ1v) is 13.5. The third-order valence-electron chi connectivity index (χ3n) is 4.83. The smallest absolute Gasteiger partial charge is 0.124 e. The molecule has 1 radical (unpaired) electrons. The molecule has 0 heterocycles. The molecule has 39 heavy (non-hydrogen) atoms. The van der Waals surface area contributed by atoms with Gasteiger partial charge in [0.25, 0.3) is 0 Å². The third-order valence-corrected chi connectivity index (χ3v) is 6.53. The summed E-state index contributed by atoms with van der Waals surface area (Å²) >= 11 is 0. The minimum absolute atomic E-state index is 0. The number of benzene rings is 4. The van der Waals surface area contributed by atoms with Crippen molar-refractivity contribution in [3.63, 3.8) is 0 Å². The Morgan fingerprint density at radius 2 is 0.846 bits per heavy atom. The van der Waals surface area contributed by atoms with Crippen LogP contribution >= 0.6 is 0 Å². The molecule has 13 heteroatoms. The Kier molecular flexibility index (Phi) is 11.1. The summed E-state index contributed by atoms with van der Waals surface area (Å²) < 4.78 is 64.4. The van der Waals surface area contributed by atoms with Gasteiger partial charge in [-0.25, -0.2) is 16.8 Å². The number of nitrogens with zero attached hydrogens (tertiary/aromatic N) is 2. The second kappa shape index (κ2) is 13.8. The van der Waals surface area contributed by atoms with Gasteiger partial charge in [0.2, 0.25) is 0 Å². The normalized spacial score (nSPS) is 11.5. The molecule has 4 aromatic rings. The Morgan fingerprint density at radius 3 is 1.13 bits per heavy atom. The minimum atomic E-state index is -4.44. The largest absolute Gasteiger partial charge is 0.744 e. The van der Waals surface area contributed by atoms with E-state index in [0.717, 1.165) is 0 Å². The number of phenolic OH excluding ortho intramolecular Hbond substituents is 2. The van der Waals surface area contributed by atoms with E-state index in [4.69, 9.17) is 0 Å². The molecular weight excluding hydrogens is 591 g/mol. The first-order valence-electron chi connectivity index (χ1n) is 10.7. The molecule has 0 amide bonds. The molecule has 0 saturated carbocycles. The van der Waals surface area contributed by atoms with Crippen molar-refractivity contribution < 1.29 is 52.9 Å². The fraction of sp³-hybridized carbons (Fsp3) is 0. The van der Waals surface area contributed by atoms with E-state index in [0.29, 0.717) is 22.5 Å². The zero-order valence-corrected chi connectivity index (χ0v) is 22.5. The van der Waals surface area contributed by atoms with Gasteiger partial charge < -0.3 is 19.3 Å². The topological polar surface area (TPSA) is 180 Å². The Bertz CT molecular complexity index is 1550. The van der Waals surface area contributed by atoms with E-state index in [1.165, 1.54) is 73.1 Å². The van der Waals surface area contributed by atoms with E-state index in [2.05, 4.69) is 9.98 Å². The van der Waals surface area contributed by atoms with Gasteiger partial charge in [0, 0.05) is 40.3 Å². The molecule has 10 nitrogen and oxygen atoms in total. The monoisotopic (exact) mass is 611 g/mol. The van der Waals surface area contributed by atoms with Crippen molar-refractivity contribution in [1.82, 2.24) is 0 Å². The van der Waals surface area contributed by atoms with Crippen LogP contribution in [0.5, 0.6) is 11.5 Å². The van der Waals surface area contributed by atoms with Crippen molar-refractivity contribution in [3.05, 3.63) is 108 Å². The van der Waals surface area contributed by atoms with Gasteiger partial charge in [0.05, 0.1) is 21.2 Å². The summed E-state index contributed by atoms with van der Waals surface area (Å²) in [5.41, 5.74) is 2.05. The van der Waals surface area contributed by atoms with E-state index in [1.54, 1.807) is 36.4 Å². The van der Waals surface area contributed by atoms with Gasteiger partial charge in [0.1, 0.15) is 31.7 Å². The van der Waals surface area contributed by atoms with Crippen LogP contribution in [0.25, 0.3) is 0 Å². The maximum Gasteiger partial charge on any atom is 0.124 e. The second-order valence-electron chi connectivity index (χ2n) is 7.53. The maximum atomic E-state index is 10.7. The van der Waals surface area contributed by atoms with Gasteiger partial charge in [-0.1, -0.05) is 24.3 Å². The molecule has 4 rings (SSSR count). The van der Waals surface area contributed by atoms with Crippen molar-refractivity contribution in [2.24, 2.45) is 9.98 Å². The van der Waals surface area contributed by atoms with Crippen molar-refractivity contribution in [2.45, 2.75) is 9.79 Å².